The average Bonchev–Trinajstić information content (AvgIpc) is 3.15. The number of hydrogen-bond acceptors (Lipinski definition) is 6. The fraction of sp³-hybridized carbons (Fsp3) is 0.267. The van der Waals surface area contributed by atoms with E-state index in [4.69, 9.17) is 0 Å². The monoisotopic (exact) mass is 369 g/mol. The zero-order chi connectivity index (χ0) is 18.2. The highest BCUT2D eigenvalue weighted by Gasteiger charge is 2.35. The number of nitrogens with zero attached hydrogens (tertiary/aromatic N) is 5. The number of thiazole rings is 1. The van der Waals surface area contributed by atoms with Crippen molar-refractivity contribution in [3.63, 3.8) is 0 Å². The Morgan fingerprint density at radius 3 is 2.72 bits per heavy atom. The number of rotatable bonds is 4. The maximum absolute atomic E-state index is 12.8. The summed E-state index contributed by atoms with van der Waals surface area (Å²) in [5.74, 6) is 0. The van der Waals surface area contributed by atoms with Gasteiger partial charge in [-0.1, -0.05) is 17.4 Å². The SMILES string of the molecule is Cc1cccnc1CN(O)c1ncc(-c2cc(C(F)(F)F)nn2C)s1. The Morgan fingerprint density at radius 1 is 1.32 bits per heavy atom. The van der Waals surface area contributed by atoms with Gasteiger partial charge >= 0.3 is 6.18 Å². The van der Waals surface area contributed by atoms with Crippen LogP contribution in [0.25, 0.3) is 10.6 Å². The zero-order valence-corrected chi connectivity index (χ0v) is 14.1. The lowest BCUT2D eigenvalue weighted by Crippen LogP contribution is -2.18. The summed E-state index contributed by atoms with van der Waals surface area (Å²) in [6, 6.07) is 4.63. The molecule has 10 heteroatoms. The largest absolute Gasteiger partial charge is 0.435 e. The second kappa shape index (κ2) is 6.45. The number of hydroxylamine groups is 1. The molecule has 3 aromatic rings. The Bertz CT molecular complexity index is 889. The summed E-state index contributed by atoms with van der Waals surface area (Å²) in [6.45, 7) is 2.00. The molecule has 0 unspecified atom stereocenters. The lowest BCUT2D eigenvalue weighted by molar-refractivity contribution is -0.141. The summed E-state index contributed by atoms with van der Waals surface area (Å²) < 4.78 is 39.4. The van der Waals surface area contributed by atoms with Crippen LogP contribution in [0, 0.1) is 6.92 Å². The Morgan fingerprint density at radius 2 is 2.08 bits per heavy atom. The van der Waals surface area contributed by atoms with Crippen molar-refractivity contribution < 1.29 is 18.4 Å². The van der Waals surface area contributed by atoms with Crippen molar-refractivity contribution in [1.82, 2.24) is 19.7 Å². The van der Waals surface area contributed by atoms with Crippen molar-refractivity contribution in [2.75, 3.05) is 5.06 Å². The molecule has 3 heterocycles. The molecule has 1 N–H and O–H groups in total. The van der Waals surface area contributed by atoms with Crippen LogP contribution in [0.1, 0.15) is 17.0 Å². The summed E-state index contributed by atoms with van der Waals surface area (Å²) in [6.07, 6.45) is -1.48. The maximum Gasteiger partial charge on any atom is 0.435 e. The fourth-order valence-corrected chi connectivity index (χ4v) is 3.11. The first-order chi connectivity index (χ1) is 11.8. The van der Waals surface area contributed by atoms with Crippen molar-refractivity contribution in [3.8, 4) is 10.6 Å². The number of aryl methyl sites for hydroxylation is 2. The summed E-state index contributed by atoms with van der Waals surface area (Å²) in [5.41, 5.74) is 0.907. The first-order valence-corrected chi connectivity index (χ1v) is 8.01. The Kier molecular flexibility index (Phi) is 4.48. The van der Waals surface area contributed by atoms with Crippen molar-refractivity contribution >= 4 is 16.5 Å². The molecule has 0 aromatic carbocycles. The van der Waals surface area contributed by atoms with Crippen LogP contribution in [-0.4, -0.2) is 25.0 Å². The molecule has 0 bridgehead atoms. The molecule has 0 aliphatic heterocycles. The molecule has 0 radical (unpaired) electrons. The standard InChI is InChI=1S/C15H14F3N5OS/c1-9-4-3-5-19-10(9)8-23(24)14-20-7-12(25-14)11-6-13(15(16,17)18)21-22(11)2/h3-7,24H,8H2,1-2H3. The van der Waals surface area contributed by atoms with Crippen LogP contribution in [0.5, 0.6) is 0 Å². The molecule has 0 saturated carbocycles. The average molecular weight is 369 g/mol. The van der Waals surface area contributed by atoms with Crippen LogP contribution >= 0.6 is 11.3 Å². The van der Waals surface area contributed by atoms with Gasteiger partial charge in [-0.2, -0.15) is 18.3 Å². The summed E-state index contributed by atoms with van der Waals surface area (Å²) in [5, 5.41) is 14.9. The normalized spacial score (nSPS) is 11.8. The van der Waals surface area contributed by atoms with Crippen molar-refractivity contribution in [2.24, 2.45) is 7.05 Å². The molecule has 25 heavy (non-hydrogen) atoms. The van der Waals surface area contributed by atoms with Gasteiger partial charge in [0.25, 0.3) is 0 Å². The van der Waals surface area contributed by atoms with Gasteiger partial charge in [0.05, 0.1) is 22.8 Å². The van der Waals surface area contributed by atoms with Gasteiger partial charge in [0, 0.05) is 19.4 Å². The maximum atomic E-state index is 12.8. The van der Waals surface area contributed by atoms with Gasteiger partial charge in [-0.25, -0.2) is 10.0 Å². The molecule has 3 rings (SSSR count). The van der Waals surface area contributed by atoms with Crippen molar-refractivity contribution in [2.45, 2.75) is 19.6 Å². The van der Waals surface area contributed by atoms with Gasteiger partial charge in [0.1, 0.15) is 0 Å². The van der Waals surface area contributed by atoms with Gasteiger partial charge in [0.15, 0.2) is 5.69 Å². The third-order valence-corrected chi connectivity index (χ3v) is 4.59. The minimum absolute atomic E-state index is 0.124. The van der Waals surface area contributed by atoms with E-state index >= 15 is 0 Å². The van der Waals surface area contributed by atoms with Crippen LogP contribution in [0.3, 0.4) is 0 Å². The quantitative estimate of drug-likeness (QED) is 0.711. The minimum atomic E-state index is -4.51. The van der Waals surface area contributed by atoms with E-state index in [9.17, 15) is 18.4 Å². The first kappa shape index (κ1) is 17.4. The minimum Gasteiger partial charge on any atom is -0.286 e. The van der Waals surface area contributed by atoms with Crippen LogP contribution in [0.2, 0.25) is 0 Å². The lowest BCUT2D eigenvalue weighted by Gasteiger charge is -2.13. The molecule has 3 aromatic heterocycles. The zero-order valence-electron chi connectivity index (χ0n) is 13.3. The third kappa shape index (κ3) is 3.64. The van der Waals surface area contributed by atoms with E-state index in [0.29, 0.717) is 10.6 Å². The van der Waals surface area contributed by atoms with Crippen LogP contribution in [-0.2, 0) is 19.8 Å². The highest BCUT2D eigenvalue weighted by Crippen LogP contribution is 2.35. The molecule has 0 saturated heterocycles. The van der Waals surface area contributed by atoms with E-state index < -0.39 is 11.9 Å². The number of hydrogen-bond donors (Lipinski definition) is 1. The van der Waals surface area contributed by atoms with E-state index in [1.54, 1.807) is 12.3 Å². The Hall–Kier alpha value is -2.46. The number of halogens is 3. The Labute approximate surface area is 145 Å². The van der Waals surface area contributed by atoms with Crippen LogP contribution < -0.4 is 5.06 Å². The molecular formula is C15H14F3N5OS. The molecular weight excluding hydrogens is 355 g/mol. The lowest BCUT2D eigenvalue weighted by atomic mass is 10.2. The van der Waals surface area contributed by atoms with E-state index in [-0.39, 0.29) is 17.4 Å². The van der Waals surface area contributed by atoms with Crippen LogP contribution in [0.4, 0.5) is 18.3 Å². The molecule has 0 atom stereocenters. The predicted molar refractivity (Wildman–Crippen MR) is 86.3 cm³/mol. The van der Waals surface area contributed by atoms with Gasteiger partial charge in [0.2, 0.25) is 5.13 Å². The van der Waals surface area contributed by atoms with Crippen molar-refractivity contribution in [3.05, 3.63) is 47.5 Å². The summed E-state index contributed by atoms with van der Waals surface area (Å²) >= 11 is 1.07. The number of anilines is 1. The van der Waals surface area contributed by atoms with Crippen molar-refractivity contribution in [1.29, 1.82) is 0 Å². The topological polar surface area (TPSA) is 67.1 Å². The fourth-order valence-electron chi connectivity index (χ4n) is 2.23. The van der Waals surface area contributed by atoms with Gasteiger partial charge in [-0.05, 0) is 24.6 Å². The molecule has 132 valence electrons. The Balaban J connectivity index is 1.83. The highest BCUT2D eigenvalue weighted by molar-refractivity contribution is 7.18. The van der Waals surface area contributed by atoms with E-state index in [1.807, 2.05) is 13.0 Å². The van der Waals surface area contributed by atoms with E-state index in [1.165, 1.54) is 13.2 Å². The highest BCUT2D eigenvalue weighted by atomic mass is 32.1. The number of alkyl halides is 3. The van der Waals surface area contributed by atoms with E-state index in [2.05, 4.69) is 15.1 Å². The number of pyridine rings is 1. The predicted octanol–water partition coefficient (Wildman–Crippen LogP) is 3.66. The second-order valence-electron chi connectivity index (χ2n) is 5.37. The van der Waals surface area contributed by atoms with Crippen LogP contribution in [0.15, 0.2) is 30.6 Å². The summed E-state index contributed by atoms with van der Waals surface area (Å²) in [7, 11) is 1.43. The van der Waals surface area contributed by atoms with Gasteiger partial charge in [-0.3, -0.25) is 14.9 Å². The molecule has 0 aliphatic rings. The molecule has 0 aliphatic carbocycles. The smallest absolute Gasteiger partial charge is 0.286 e. The number of aromatic nitrogens is 4. The molecule has 0 spiro atoms. The third-order valence-electron chi connectivity index (χ3n) is 3.55. The van der Waals surface area contributed by atoms with E-state index in [0.717, 1.165) is 32.7 Å². The molecule has 0 fully saturated rings. The van der Waals surface area contributed by atoms with Gasteiger partial charge in [-0.15, -0.1) is 0 Å². The molecule has 0 amide bonds. The van der Waals surface area contributed by atoms with Gasteiger partial charge < -0.3 is 0 Å². The second-order valence-corrected chi connectivity index (χ2v) is 6.38. The molecule has 6 nitrogen and oxygen atoms in total. The summed E-state index contributed by atoms with van der Waals surface area (Å²) in [4.78, 5) is 8.73. The first-order valence-electron chi connectivity index (χ1n) is 7.20.